The second kappa shape index (κ2) is 8.37. The molecule has 3 nitrogen and oxygen atoms in total. The van der Waals surface area contributed by atoms with Crippen LogP contribution >= 0.6 is 0 Å². The van der Waals surface area contributed by atoms with Gasteiger partial charge in [-0.3, -0.25) is 4.79 Å². The van der Waals surface area contributed by atoms with Gasteiger partial charge in [-0.25, -0.2) is 0 Å². The molecule has 0 amide bonds. The molecule has 1 aliphatic rings. The molecule has 0 spiro atoms. The normalized spacial score (nSPS) is 19.0. The zero-order chi connectivity index (χ0) is 17.6. The molecular weight excluding hydrogens is 286 g/mol. The highest BCUT2D eigenvalue weighted by atomic mass is 16.5. The van der Waals surface area contributed by atoms with E-state index in [0.717, 1.165) is 42.8 Å². The van der Waals surface area contributed by atoms with E-state index in [0.29, 0.717) is 5.41 Å². The number of hydrogen-bond donors (Lipinski definition) is 0. The fourth-order valence-electron chi connectivity index (χ4n) is 2.82. The zero-order valence-electron chi connectivity index (χ0n) is 15.7. The Bertz CT molecular complexity index is 488. The minimum Gasteiger partial charge on any atom is -0.463 e. The van der Waals surface area contributed by atoms with Gasteiger partial charge in [0.25, 0.3) is 0 Å². The highest BCUT2D eigenvalue weighted by Gasteiger charge is 2.27. The van der Waals surface area contributed by atoms with Crippen molar-refractivity contribution in [2.24, 2.45) is 5.41 Å². The van der Waals surface area contributed by atoms with E-state index < -0.39 is 0 Å². The second-order valence-electron chi connectivity index (χ2n) is 7.51. The van der Waals surface area contributed by atoms with Crippen LogP contribution in [0.5, 0.6) is 0 Å². The molecule has 0 aromatic rings. The van der Waals surface area contributed by atoms with E-state index in [1.807, 2.05) is 33.8 Å². The van der Waals surface area contributed by atoms with Crippen molar-refractivity contribution in [1.29, 1.82) is 0 Å². The number of hydrogen-bond acceptors (Lipinski definition) is 3. The lowest BCUT2D eigenvalue weighted by Gasteiger charge is -2.39. The first kappa shape index (κ1) is 19.5. The smallest absolute Gasteiger partial charge is 0.310 e. The summed E-state index contributed by atoms with van der Waals surface area (Å²) in [6.07, 6.45) is 6.65. The third kappa shape index (κ3) is 6.25. The molecular formula is C20H33NO2. The van der Waals surface area contributed by atoms with Crippen LogP contribution in [0.1, 0.15) is 60.8 Å². The summed E-state index contributed by atoms with van der Waals surface area (Å²) in [6, 6.07) is 0. The standard InChI is InChI=1S/C20H33NO2/c1-8-9-18(21-12-10-20(6,7)11-13-21)17(15(2)3)14-19(22)23-16(4)5/h8-9,16H,2,10-14H2,1,3-7H3/b9-8?,18-17+. The molecule has 1 saturated heterocycles. The molecule has 0 unspecified atom stereocenters. The number of nitrogens with zero attached hydrogens (tertiary/aromatic N) is 1. The van der Waals surface area contributed by atoms with Gasteiger partial charge < -0.3 is 9.64 Å². The highest BCUT2D eigenvalue weighted by molar-refractivity contribution is 5.74. The van der Waals surface area contributed by atoms with Crippen molar-refractivity contribution in [3.8, 4) is 0 Å². The molecule has 1 rings (SSSR count). The minimum absolute atomic E-state index is 0.0881. The first-order valence-electron chi connectivity index (χ1n) is 8.62. The average molecular weight is 319 g/mol. The van der Waals surface area contributed by atoms with Crippen LogP contribution in [0.4, 0.5) is 0 Å². The summed E-state index contributed by atoms with van der Waals surface area (Å²) < 4.78 is 5.32. The van der Waals surface area contributed by atoms with Crippen molar-refractivity contribution < 1.29 is 9.53 Å². The fraction of sp³-hybridized carbons (Fsp3) is 0.650. The van der Waals surface area contributed by atoms with Crippen molar-refractivity contribution >= 4 is 5.97 Å². The highest BCUT2D eigenvalue weighted by Crippen LogP contribution is 2.33. The molecule has 1 aliphatic heterocycles. The molecule has 0 atom stereocenters. The van der Waals surface area contributed by atoms with Crippen molar-refractivity contribution in [2.75, 3.05) is 13.1 Å². The quantitative estimate of drug-likeness (QED) is 0.517. The van der Waals surface area contributed by atoms with Gasteiger partial charge in [-0.1, -0.05) is 32.1 Å². The predicted molar refractivity (Wildman–Crippen MR) is 97.1 cm³/mol. The molecule has 0 aromatic heterocycles. The van der Waals surface area contributed by atoms with Crippen molar-refractivity contribution in [2.45, 2.75) is 66.9 Å². The van der Waals surface area contributed by atoms with Crippen LogP contribution < -0.4 is 0 Å². The topological polar surface area (TPSA) is 29.5 Å². The summed E-state index contributed by atoms with van der Waals surface area (Å²) in [6.45, 7) is 18.5. The van der Waals surface area contributed by atoms with Gasteiger partial charge in [-0.05, 0) is 57.6 Å². The van der Waals surface area contributed by atoms with E-state index in [9.17, 15) is 4.79 Å². The molecule has 0 aromatic carbocycles. The monoisotopic (exact) mass is 319 g/mol. The van der Waals surface area contributed by atoms with Gasteiger partial charge in [-0.2, -0.15) is 0 Å². The molecule has 0 bridgehead atoms. The van der Waals surface area contributed by atoms with Crippen LogP contribution in [0.15, 0.2) is 35.6 Å². The molecule has 1 heterocycles. The SMILES string of the molecule is C=C(C)/C(CC(=O)OC(C)C)=C(\C=CC)N1CCC(C)(C)CC1. The third-order valence-corrected chi connectivity index (χ3v) is 4.29. The van der Waals surface area contributed by atoms with E-state index >= 15 is 0 Å². The molecule has 0 radical (unpaired) electrons. The van der Waals surface area contributed by atoms with E-state index in [-0.39, 0.29) is 18.5 Å². The molecule has 0 N–H and O–H groups in total. The lowest BCUT2D eigenvalue weighted by Crippen LogP contribution is -2.37. The van der Waals surface area contributed by atoms with Gasteiger partial charge >= 0.3 is 5.97 Å². The minimum atomic E-state index is -0.183. The Labute approximate surface area is 142 Å². The van der Waals surface area contributed by atoms with Gasteiger partial charge in [0, 0.05) is 18.8 Å². The van der Waals surface area contributed by atoms with Crippen LogP contribution in [0.2, 0.25) is 0 Å². The second-order valence-corrected chi connectivity index (χ2v) is 7.51. The molecule has 23 heavy (non-hydrogen) atoms. The third-order valence-electron chi connectivity index (χ3n) is 4.29. The number of carbonyl (C=O) groups excluding carboxylic acids is 1. The maximum absolute atomic E-state index is 12.1. The number of carbonyl (C=O) groups is 1. The molecule has 3 heteroatoms. The number of rotatable bonds is 6. The Morgan fingerprint density at radius 2 is 1.87 bits per heavy atom. The summed E-state index contributed by atoms with van der Waals surface area (Å²) in [5, 5.41) is 0. The van der Waals surface area contributed by atoms with E-state index in [1.165, 1.54) is 0 Å². The van der Waals surface area contributed by atoms with Crippen LogP contribution in [-0.4, -0.2) is 30.1 Å². The molecule has 0 saturated carbocycles. The maximum Gasteiger partial charge on any atom is 0.310 e. The summed E-state index contributed by atoms with van der Waals surface area (Å²) in [5.74, 6) is -0.183. The number of ether oxygens (including phenoxy) is 1. The zero-order valence-corrected chi connectivity index (χ0v) is 15.7. The van der Waals surface area contributed by atoms with Gasteiger partial charge in [-0.15, -0.1) is 0 Å². The Kier molecular flexibility index (Phi) is 7.11. The molecule has 1 fully saturated rings. The van der Waals surface area contributed by atoms with Crippen LogP contribution in [0.25, 0.3) is 0 Å². The average Bonchev–Trinajstić information content (AvgIpc) is 2.42. The molecule has 0 aliphatic carbocycles. The van der Waals surface area contributed by atoms with E-state index in [2.05, 4.69) is 31.4 Å². The van der Waals surface area contributed by atoms with Gasteiger partial charge in [0.1, 0.15) is 0 Å². The van der Waals surface area contributed by atoms with Crippen LogP contribution in [0, 0.1) is 5.41 Å². The van der Waals surface area contributed by atoms with Gasteiger partial charge in [0.15, 0.2) is 0 Å². The first-order chi connectivity index (χ1) is 10.7. The lowest BCUT2D eigenvalue weighted by atomic mass is 9.82. The van der Waals surface area contributed by atoms with Crippen LogP contribution in [0.3, 0.4) is 0 Å². The predicted octanol–water partition coefficient (Wildman–Crippen LogP) is 4.86. The number of piperidine rings is 1. The van der Waals surface area contributed by atoms with Gasteiger partial charge in [0.05, 0.1) is 12.5 Å². The summed E-state index contributed by atoms with van der Waals surface area (Å²) in [4.78, 5) is 14.5. The largest absolute Gasteiger partial charge is 0.463 e. The summed E-state index contributed by atoms with van der Waals surface area (Å²) in [7, 11) is 0. The van der Waals surface area contributed by atoms with Gasteiger partial charge in [0.2, 0.25) is 0 Å². The summed E-state index contributed by atoms with van der Waals surface area (Å²) >= 11 is 0. The fourth-order valence-corrected chi connectivity index (χ4v) is 2.82. The Balaban J connectivity index is 3.05. The van der Waals surface area contributed by atoms with E-state index in [1.54, 1.807) is 0 Å². The van der Waals surface area contributed by atoms with E-state index in [4.69, 9.17) is 4.74 Å². The molecule has 130 valence electrons. The van der Waals surface area contributed by atoms with Crippen molar-refractivity contribution in [3.63, 3.8) is 0 Å². The first-order valence-corrected chi connectivity index (χ1v) is 8.62. The number of esters is 1. The Morgan fingerprint density at radius 3 is 2.30 bits per heavy atom. The number of allylic oxidation sites excluding steroid dienone is 3. The van der Waals surface area contributed by atoms with Crippen LogP contribution in [-0.2, 0) is 9.53 Å². The lowest BCUT2D eigenvalue weighted by molar-refractivity contribution is -0.146. The summed E-state index contributed by atoms with van der Waals surface area (Å²) in [5.41, 5.74) is 3.45. The maximum atomic E-state index is 12.1. The Hall–Kier alpha value is -1.51. The van der Waals surface area contributed by atoms with Crippen molar-refractivity contribution in [3.05, 3.63) is 35.6 Å². The Morgan fingerprint density at radius 1 is 1.30 bits per heavy atom. The number of likely N-dealkylation sites (tertiary alicyclic amines) is 1. The van der Waals surface area contributed by atoms with Crippen molar-refractivity contribution in [1.82, 2.24) is 4.90 Å².